The van der Waals surface area contributed by atoms with Gasteiger partial charge in [-0.15, -0.1) is 13.2 Å². The standard InChI is InChI=1S/C3H5F3O4S/c1-2(11(7,8)9)10-3(4,5)6/h2H,1H3,(H,7,8,9). The Morgan fingerprint density at radius 3 is 1.91 bits per heavy atom. The van der Waals surface area contributed by atoms with Crippen LogP contribution in [0.25, 0.3) is 0 Å². The van der Waals surface area contributed by atoms with Gasteiger partial charge in [0.05, 0.1) is 0 Å². The first-order valence-corrected chi connectivity index (χ1v) is 3.84. The molecule has 0 saturated carbocycles. The van der Waals surface area contributed by atoms with Crippen LogP contribution >= 0.6 is 0 Å². The fourth-order valence-electron chi connectivity index (χ4n) is 0.249. The van der Waals surface area contributed by atoms with Crippen LogP contribution in [0.2, 0.25) is 0 Å². The fraction of sp³-hybridized carbons (Fsp3) is 1.00. The van der Waals surface area contributed by atoms with Crippen LogP contribution in [0.4, 0.5) is 13.2 Å². The molecule has 0 aromatic rings. The van der Waals surface area contributed by atoms with Gasteiger partial charge in [-0.3, -0.25) is 9.29 Å². The second-order valence-electron chi connectivity index (χ2n) is 1.65. The van der Waals surface area contributed by atoms with E-state index < -0.39 is 21.9 Å². The first-order valence-electron chi connectivity index (χ1n) is 2.34. The molecule has 0 amide bonds. The van der Waals surface area contributed by atoms with E-state index in [0.29, 0.717) is 6.92 Å². The first kappa shape index (κ1) is 10.7. The molecule has 0 aliphatic rings. The van der Waals surface area contributed by atoms with Crippen molar-refractivity contribution >= 4 is 10.1 Å². The lowest BCUT2D eigenvalue weighted by Gasteiger charge is -2.11. The predicted molar refractivity (Wildman–Crippen MR) is 28.2 cm³/mol. The van der Waals surface area contributed by atoms with E-state index in [-0.39, 0.29) is 0 Å². The molecule has 0 radical (unpaired) electrons. The summed E-state index contributed by atoms with van der Waals surface area (Å²) < 4.78 is 64.6. The van der Waals surface area contributed by atoms with Crippen LogP contribution in [-0.4, -0.2) is 24.8 Å². The van der Waals surface area contributed by atoms with Crippen LogP contribution in [0.3, 0.4) is 0 Å². The Bertz CT molecular complexity index is 217. The highest BCUT2D eigenvalue weighted by atomic mass is 32.2. The molecule has 1 atom stereocenters. The summed E-state index contributed by atoms with van der Waals surface area (Å²) in [6, 6.07) is 0. The molecular formula is C3H5F3O4S. The average Bonchev–Trinajstić information content (AvgIpc) is 1.56. The summed E-state index contributed by atoms with van der Waals surface area (Å²) in [5.41, 5.74) is -2.29. The lowest BCUT2D eigenvalue weighted by molar-refractivity contribution is -0.329. The molecule has 0 heterocycles. The highest BCUT2D eigenvalue weighted by Crippen LogP contribution is 2.20. The van der Waals surface area contributed by atoms with Gasteiger partial charge in [-0.1, -0.05) is 0 Å². The molecule has 1 unspecified atom stereocenters. The zero-order valence-electron chi connectivity index (χ0n) is 5.29. The third-order valence-electron chi connectivity index (χ3n) is 0.719. The lowest BCUT2D eigenvalue weighted by Crippen LogP contribution is -2.27. The van der Waals surface area contributed by atoms with Gasteiger partial charge in [0.2, 0.25) is 0 Å². The smallest absolute Gasteiger partial charge is 0.284 e. The Hall–Kier alpha value is -0.340. The number of halogens is 3. The van der Waals surface area contributed by atoms with Gasteiger partial charge in [0.15, 0.2) is 5.44 Å². The van der Waals surface area contributed by atoms with Crippen molar-refractivity contribution in [3.05, 3.63) is 0 Å². The number of ether oxygens (including phenoxy) is 1. The van der Waals surface area contributed by atoms with Crippen molar-refractivity contribution in [3.8, 4) is 0 Å². The molecule has 0 aromatic carbocycles. The van der Waals surface area contributed by atoms with Crippen molar-refractivity contribution in [3.63, 3.8) is 0 Å². The van der Waals surface area contributed by atoms with Crippen molar-refractivity contribution in [2.75, 3.05) is 0 Å². The lowest BCUT2D eigenvalue weighted by atomic mass is 10.8. The SMILES string of the molecule is CC(OC(F)(F)F)S(=O)(=O)O. The van der Waals surface area contributed by atoms with Crippen molar-refractivity contribution in [1.82, 2.24) is 0 Å². The van der Waals surface area contributed by atoms with Crippen LogP contribution in [0, 0.1) is 0 Å². The van der Waals surface area contributed by atoms with Gasteiger partial charge in [-0.2, -0.15) is 8.42 Å². The topological polar surface area (TPSA) is 63.6 Å². The predicted octanol–water partition coefficient (Wildman–Crippen LogP) is 0.757. The second-order valence-corrected chi connectivity index (χ2v) is 3.34. The normalized spacial score (nSPS) is 16.5. The molecule has 0 fully saturated rings. The van der Waals surface area contributed by atoms with Crippen LogP contribution < -0.4 is 0 Å². The molecule has 0 aromatic heterocycles. The molecule has 0 saturated heterocycles. The summed E-state index contributed by atoms with van der Waals surface area (Å²) >= 11 is 0. The van der Waals surface area contributed by atoms with Crippen LogP contribution in [-0.2, 0) is 14.9 Å². The largest absolute Gasteiger partial charge is 0.523 e. The Morgan fingerprint density at radius 1 is 1.45 bits per heavy atom. The number of hydrogen-bond acceptors (Lipinski definition) is 3. The molecule has 68 valence electrons. The molecule has 8 heteroatoms. The minimum atomic E-state index is -5.06. The van der Waals surface area contributed by atoms with E-state index >= 15 is 0 Å². The number of rotatable bonds is 2. The van der Waals surface area contributed by atoms with Crippen LogP contribution in [0.5, 0.6) is 0 Å². The van der Waals surface area contributed by atoms with Gasteiger partial charge in [-0.05, 0) is 6.92 Å². The van der Waals surface area contributed by atoms with Gasteiger partial charge >= 0.3 is 6.36 Å². The molecule has 0 aliphatic carbocycles. The molecule has 11 heavy (non-hydrogen) atoms. The zero-order valence-corrected chi connectivity index (χ0v) is 6.11. The van der Waals surface area contributed by atoms with Gasteiger partial charge < -0.3 is 0 Å². The Morgan fingerprint density at radius 2 is 1.82 bits per heavy atom. The van der Waals surface area contributed by atoms with Gasteiger partial charge in [0.25, 0.3) is 10.1 Å². The summed E-state index contributed by atoms with van der Waals surface area (Å²) in [4.78, 5) is 0. The first-order chi connectivity index (χ1) is 4.63. The summed E-state index contributed by atoms with van der Waals surface area (Å²) in [6.07, 6.45) is -5.06. The van der Waals surface area contributed by atoms with E-state index in [1.807, 2.05) is 0 Å². The van der Waals surface area contributed by atoms with E-state index in [1.54, 1.807) is 0 Å². The highest BCUT2D eigenvalue weighted by Gasteiger charge is 2.36. The maximum Gasteiger partial charge on any atom is 0.523 e. The maximum absolute atomic E-state index is 11.2. The Balaban J connectivity index is 4.22. The van der Waals surface area contributed by atoms with E-state index in [9.17, 15) is 21.6 Å². The quantitative estimate of drug-likeness (QED) is 0.659. The van der Waals surface area contributed by atoms with E-state index in [4.69, 9.17) is 4.55 Å². The number of hydrogen-bond donors (Lipinski definition) is 1. The third kappa shape index (κ3) is 4.99. The van der Waals surface area contributed by atoms with Gasteiger partial charge in [-0.25, -0.2) is 0 Å². The van der Waals surface area contributed by atoms with Crippen molar-refractivity contribution in [2.45, 2.75) is 18.7 Å². The Kier molecular flexibility index (Phi) is 2.86. The number of alkyl halides is 3. The summed E-state index contributed by atoms with van der Waals surface area (Å²) in [6.45, 7) is 0.572. The molecular weight excluding hydrogens is 189 g/mol. The van der Waals surface area contributed by atoms with Crippen molar-refractivity contribution < 1.29 is 30.9 Å². The average molecular weight is 194 g/mol. The molecule has 4 nitrogen and oxygen atoms in total. The van der Waals surface area contributed by atoms with Crippen LogP contribution in [0.15, 0.2) is 0 Å². The zero-order chi connectivity index (χ0) is 9.28. The second kappa shape index (κ2) is 2.95. The maximum atomic E-state index is 11.2. The van der Waals surface area contributed by atoms with Gasteiger partial charge in [0, 0.05) is 0 Å². The third-order valence-corrected chi connectivity index (χ3v) is 1.65. The molecule has 0 bridgehead atoms. The summed E-state index contributed by atoms with van der Waals surface area (Å²) in [5, 5.41) is 0. The van der Waals surface area contributed by atoms with Gasteiger partial charge in [0.1, 0.15) is 0 Å². The Labute approximate surface area is 60.7 Å². The molecule has 0 spiro atoms. The minimum absolute atomic E-state index is 0.572. The monoisotopic (exact) mass is 194 g/mol. The molecule has 1 N–H and O–H groups in total. The van der Waals surface area contributed by atoms with E-state index in [1.165, 1.54) is 0 Å². The van der Waals surface area contributed by atoms with Crippen molar-refractivity contribution in [1.29, 1.82) is 0 Å². The fourth-order valence-corrected chi connectivity index (χ4v) is 0.480. The van der Waals surface area contributed by atoms with E-state index in [2.05, 4.69) is 4.74 Å². The minimum Gasteiger partial charge on any atom is -0.284 e. The molecule has 0 rings (SSSR count). The van der Waals surface area contributed by atoms with E-state index in [0.717, 1.165) is 0 Å². The molecule has 0 aliphatic heterocycles. The van der Waals surface area contributed by atoms with Crippen molar-refractivity contribution in [2.24, 2.45) is 0 Å². The summed E-state index contributed by atoms with van der Waals surface area (Å²) in [5.74, 6) is 0. The summed E-state index contributed by atoms with van der Waals surface area (Å²) in [7, 11) is -4.78. The van der Waals surface area contributed by atoms with Crippen LogP contribution in [0.1, 0.15) is 6.92 Å². The highest BCUT2D eigenvalue weighted by molar-refractivity contribution is 7.86.